The monoisotopic (exact) mass is 392 g/mol. The zero-order valence-electron chi connectivity index (χ0n) is 11.7. The first-order chi connectivity index (χ1) is 9.24. The summed E-state index contributed by atoms with van der Waals surface area (Å²) < 4.78 is 19.1. The maximum absolute atomic E-state index is 13.0. The first-order valence-corrected chi connectivity index (χ1v) is 7.52. The molecule has 4 nitrogen and oxygen atoms in total. The standard InChI is InChI=1S/C14H18FIN2O2/c1-14(2,3)20-13(19)18-7-10(8-18)17-12-5-4-9(15)6-11(12)16/h4-6,10,17H,7-8H2,1-3H3. The number of ether oxygens (including phenoxy) is 1. The molecular weight excluding hydrogens is 374 g/mol. The third-order valence-electron chi connectivity index (χ3n) is 2.82. The number of amides is 1. The molecule has 1 heterocycles. The number of halogens is 2. The molecule has 0 atom stereocenters. The van der Waals surface area contributed by atoms with Gasteiger partial charge in [-0.15, -0.1) is 0 Å². The van der Waals surface area contributed by atoms with E-state index < -0.39 is 5.60 Å². The maximum Gasteiger partial charge on any atom is 0.410 e. The molecule has 1 aliphatic rings. The van der Waals surface area contributed by atoms with E-state index in [-0.39, 0.29) is 18.0 Å². The summed E-state index contributed by atoms with van der Waals surface area (Å²) in [5.74, 6) is -0.246. The molecule has 1 fully saturated rings. The van der Waals surface area contributed by atoms with Crippen LogP contribution in [0.1, 0.15) is 20.8 Å². The molecule has 0 saturated carbocycles. The summed E-state index contributed by atoms with van der Waals surface area (Å²) in [7, 11) is 0. The molecule has 1 saturated heterocycles. The molecule has 1 aromatic carbocycles. The van der Waals surface area contributed by atoms with E-state index in [4.69, 9.17) is 4.74 Å². The topological polar surface area (TPSA) is 41.6 Å². The number of carbonyl (C=O) groups excluding carboxylic acids is 1. The maximum atomic E-state index is 13.0. The van der Waals surface area contributed by atoms with E-state index in [1.165, 1.54) is 12.1 Å². The SMILES string of the molecule is CC(C)(C)OC(=O)N1CC(Nc2ccc(F)cc2I)C1. The minimum absolute atomic E-state index is 0.182. The van der Waals surface area contributed by atoms with Gasteiger partial charge < -0.3 is 15.0 Å². The average molecular weight is 392 g/mol. The number of rotatable bonds is 2. The van der Waals surface area contributed by atoms with Gasteiger partial charge in [0.2, 0.25) is 0 Å². The highest BCUT2D eigenvalue weighted by Gasteiger charge is 2.33. The van der Waals surface area contributed by atoms with Crippen LogP contribution in [-0.2, 0) is 4.74 Å². The molecule has 6 heteroatoms. The fourth-order valence-corrected chi connectivity index (χ4v) is 2.50. The molecule has 2 rings (SSSR count). The summed E-state index contributed by atoms with van der Waals surface area (Å²) in [6, 6.07) is 4.80. The van der Waals surface area contributed by atoms with Crippen LogP contribution in [0.4, 0.5) is 14.9 Å². The number of nitrogens with one attached hydrogen (secondary N) is 1. The van der Waals surface area contributed by atoms with Crippen molar-refractivity contribution < 1.29 is 13.9 Å². The Hall–Kier alpha value is -1.05. The van der Waals surface area contributed by atoms with Crippen molar-refractivity contribution in [1.82, 2.24) is 4.90 Å². The second-order valence-corrected chi connectivity index (χ2v) is 7.01. The lowest BCUT2D eigenvalue weighted by molar-refractivity contribution is 0.0105. The van der Waals surface area contributed by atoms with Gasteiger partial charge in [-0.3, -0.25) is 0 Å². The Kier molecular flexibility index (Phi) is 4.41. The smallest absolute Gasteiger partial charge is 0.410 e. The molecule has 1 N–H and O–H groups in total. The number of hydrogen-bond acceptors (Lipinski definition) is 3. The summed E-state index contributed by atoms with van der Waals surface area (Å²) in [6.45, 7) is 6.74. The van der Waals surface area contributed by atoms with E-state index in [0.29, 0.717) is 13.1 Å². The van der Waals surface area contributed by atoms with Gasteiger partial charge in [-0.1, -0.05) is 0 Å². The van der Waals surface area contributed by atoms with E-state index in [0.717, 1.165) is 9.26 Å². The number of likely N-dealkylation sites (tertiary alicyclic amines) is 1. The molecule has 20 heavy (non-hydrogen) atoms. The molecule has 0 unspecified atom stereocenters. The zero-order chi connectivity index (χ0) is 14.9. The first kappa shape index (κ1) is 15.3. The summed E-state index contributed by atoms with van der Waals surface area (Å²) in [6.07, 6.45) is -0.288. The van der Waals surface area contributed by atoms with Gasteiger partial charge in [-0.05, 0) is 61.6 Å². The normalized spacial score (nSPS) is 15.8. The van der Waals surface area contributed by atoms with E-state index in [2.05, 4.69) is 27.9 Å². The Balaban J connectivity index is 1.83. The molecule has 0 spiro atoms. The van der Waals surface area contributed by atoms with Crippen LogP contribution in [0, 0.1) is 9.39 Å². The van der Waals surface area contributed by atoms with Crippen molar-refractivity contribution in [1.29, 1.82) is 0 Å². The van der Waals surface area contributed by atoms with Gasteiger partial charge in [-0.2, -0.15) is 0 Å². The van der Waals surface area contributed by atoms with E-state index >= 15 is 0 Å². The summed E-state index contributed by atoms with van der Waals surface area (Å²) in [5, 5.41) is 3.30. The van der Waals surface area contributed by atoms with Crippen LogP contribution >= 0.6 is 22.6 Å². The Morgan fingerprint density at radius 3 is 2.65 bits per heavy atom. The van der Waals surface area contributed by atoms with Crippen LogP contribution in [0.3, 0.4) is 0 Å². The second-order valence-electron chi connectivity index (χ2n) is 5.85. The number of nitrogens with zero attached hydrogens (tertiary/aromatic N) is 1. The van der Waals surface area contributed by atoms with Gasteiger partial charge in [0.1, 0.15) is 11.4 Å². The van der Waals surface area contributed by atoms with E-state index in [1.807, 2.05) is 20.8 Å². The fourth-order valence-electron chi connectivity index (χ4n) is 1.87. The predicted molar refractivity (Wildman–Crippen MR) is 84.3 cm³/mol. The lowest BCUT2D eigenvalue weighted by Crippen LogP contribution is -2.58. The Morgan fingerprint density at radius 2 is 2.10 bits per heavy atom. The molecule has 0 aliphatic carbocycles. The molecule has 1 aliphatic heterocycles. The molecule has 1 amide bonds. The van der Waals surface area contributed by atoms with Gasteiger partial charge in [-0.25, -0.2) is 9.18 Å². The lowest BCUT2D eigenvalue weighted by atomic mass is 10.1. The summed E-state index contributed by atoms with van der Waals surface area (Å²) in [4.78, 5) is 13.4. The van der Waals surface area contributed by atoms with Crippen LogP contribution in [0.2, 0.25) is 0 Å². The van der Waals surface area contributed by atoms with Gasteiger partial charge in [0.25, 0.3) is 0 Å². The van der Waals surface area contributed by atoms with Crippen molar-refractivity contribution in [2.75, 3.05) is 18.4 Å². The second kappa shape index (κ2) is 5.75. The Morgan fingerprint density at radius 1 is 1.45 bits per heavy atom. The molecule has 0 aromatic heterocycles. The molecule has 110 valence electrons. The minimum atomic E-state index is -0.470. The summed E-state index contributed by atoms with van der Waals surface area (Å²) in [5.41, 5.74) is 0.419. The highest BCUT2D eigenvalue weighted by Crippen LogP contribution is 2.23. The van der Waals surface area contributed by atoms with Crippen LogP contribution < -0.4 is 5.32 Å². The first-order valence-electron chi connectivity index (χ1n) is 6.44. The van der Waals surface area contributed by atoms with Crippen molar-refractivity contribution in [3.8, 4) is 0 Å². The van der Waals surface area contributed by atoms with Crippen molar-refractivity contribution in [3.05, 3.63) is 27.6 Å². The molecule has 0 bridgehead atoms. The van der Waals surface area contributed by atoms with Crippen LogP contribution in [0.5, 0.6) is 0 Å². The Labute approximate surface area is 131 Å². The number of hydrogen-bond donors (Lipinski definition) is 1. The van der Waals surface area contributed by atoms with Gasteiger partial charge in [0.15, 0.2) is 0 Å². The molecule has 1 aromatic rings. The fraction of sp³-hybridized carbons (Fsp3) is 0.500. The van der Waals surface area contributed by atoms with Gasteiger partial charge in [0, 0.05) is 22.3 Å². The quantitative estimate of drug-likeness (QED) is 0.784. The van der Waals surface area contributed by atoms with E-state index in [1.54, 1.807) is 11.0 Å². The zero-order valence-corrected chi connectivity index (χ0v) is 13.9. The summed E-state index contributed by atoms with van der Waals surface area (Å²) >= 11 is 2.09. The van der Waals surface area contributed by atoms with E-state index in [9.17, 15) is 9.18 Å². The van der Waals surface area contributed by atoms with Crippen molar-refractivity contribution >= 4 is 34.4 Å². The van der Waals surface area contributed by atoms with Crippen molar-refractivity contribution in [2.45, 2.75) is 32.4 Å². The number of benzene rings is 1. The third kappa shape index (κ3) is 3.97. The van der Waals surface area contributed by atoms with Gasteiger partial charge >= 0.3 is 6.09 Å². The van der Waals surface area contributed by atoms with Gasteiger partial charge in [0.05, 0.1) is 6.04 Å². The van der Waals surface area contributed by atoms with Crippen LogP contribution in [-0.4, -0.2) is 35.7 Å². The predicted octanol–water partition coefficient (Wildman–Crippen LogP) is 3.46. The average Bonchev–Trinajstić information content (AvgIpc) is 2.22. The Bertz CT molecular complexity index is 510. The highest BCUT2D eigenvalue weighted by atomic mass is 127. The van der Waals surface area contributed by atoms with Crippen LogP contribution in [0.25, 0.3) is 0 Å². The van der Waals surface area contributed by atoms with Crippen LogP contribution in [0.15, 0.2) is 18.2 Å². The molecular formula is C14H18FIN2O2. The third-order valence-corrected chi connectivity index (χ3v) is 3.72. The number of carbonyl (C=O) groups is 1. The highest BCUT2D eigenvalue weighted by molar-refractivity contribution is 14.1. The van der Waals surface area contributed by atoms with Crippen molar-refractivity contribution in [3.63, 3.8) is 0 Å². The van der Waals surface area contributed by atoms with Crippen molar-refractivity contribution in [2.24, 2.45) is 0 Å². The number of anilines is 1. The largest absolute Gasteiger partial charge is 0.444 e. The molecule has 0 radical (unpaired) electrons. The minimum Gasteiger partial charge on any atom is -0.444 e. The lowest BCUT2D eigenvalue weighted by Gasteiger charge is -2.40.